The number of likely N-dealkylation sites (N-methyl/N-ethyl adjacent to an activating group) is 1. The van der Waals surface area contributed by atoms with Crippen molar-refractivity contribution >= 4 is 5.97 Å². The molecule has 0 aliphatic rings. The molecule has 0 aromatic heterocycles. The maximum atomic E-state index is 11.5. The highest BCUT2D eigenvalue weighted by Gasteiger charge is 2.23. The topological polar surface area (TPSA) is 26.3 Å². The van der Waals surface area contributed by atoms with Gasteiger partial charge in [0.15, 0.2) is 6.54 Å². The van der Waals surface area contributed by atoms with E-state index in [9.17, 15) is 4.79 Å². The average Bonchev–Trinajstić information content (AvgIpc) is 2.01. The molecule has 0 aliphatic heterocycles. The predicted molar refractivity (Wildman–Crippen MR) is 62.4 cm³/mol. The minimum Gasteiger partial charge on any atom is -0.459 e. The van der Waals surface area contributed by atoms with E-state index in [0.29, 0.717) is 11.0 Å². The first-order chi connectivity index (χ1) is 6.93. The number of esters is 1. The number of rotatable bonds is 7. The summed E-state index contributed by atoms with van der Waals surface area (Å²) in [5.41, 5.74) is 0. The van der Waals surface area contributed by atoms with E-state index in [1.165, 1.54) is 0 Å². The molecule has 0 aliphatic carbocycles. The Morgan fingerprint density at radius 3 is 2.13 bits per heavy atom. The van der Waals surface area contributed by atoms with Crippen LogP contribution in [0.3, 0.4) is 0 Å². The Labute approximate surface area is 92.6 Å². The molecule has 0 rings (SSSR count). The van der Waals surface area contributed by atoms with Gasteiger partial charge in [-0.1, -0.05) is 13.2 Å². The Kier molecular flexibility index (Phi) is 5.94. The number of hydrogen-bond acceptors (Lipinski definition) is 2. The number of hydrogen-bond donors (Lipinski definition) is 0. The summed E-state index contributed by atoms with van der Waals surface area (Å²) in [5.74, 6) is -0.170. The van der Waals surface area contributed by atoms with Crippen molar-refractivity contribution in [2.45, 2.75) is 20.0 Å². The van der Waals surface area contributed by atoms with Gasteiger partial charge in [0, 0.05) is 0 Å². The second-order valence-corrected chi connectivity index (χ2v) is 4.26. The summed E-state index contributed by atoms with van der Waals surface area (Å²) >= 11 is 0. The molecule has 0 unspecified atom stereocenters. The normalized spacial score (nSPS) is 11.2. The van der Waals surface area contributed by atoms with E-state index in [0.717, 1.165) is 13.1 Å². The Morgan fingerprint density at radius 1 is 1.33 bits per heavy atom. The molecule has 0 radical (unpaired) electrons. The van der Waals surface area contributed by atoms with Crippen LogP contribution in [-0.2, 0) is 9.53 Å². The fourth-order valence-corrected chi connectivity index (χ4v) is 1.44. The number of nitrogens with zero attached hydrogens (tertiary/aromatic N) is 1. The molecule has 15 heavy (non-hydrogen) atoms. The first-order valence-corrected chi connectivity index (χ1v) is 5.18. The van der Waals surface area contributed by atoms with Gasteiger partial charge in [-0.15, -0.1) is 0 Å². The van der Waals surface area contributed by atoms with Crippen molar-refractivity contribution in [3.8, 4) is 0 Å². The molecule has 3 heteroatoms. The SMILES string of the molecule is C=CC[N+](C)(CC=C)CC(=O)OC(C)C. The fourth-order valence-electron chi connectivity index (χ4n) is 1.44. The summed E-state index contributed by atoms with van der Waals surface area (Å²) in [6, 6.07) is 0. The van der Waals surface area contributed by atoms with Crippen molar-refractivity contribution in [3.05, 3.63) is 25.3 Å². The minimum absolute atomic E-state index is 0.0570. The molecule has 0 heterocycles. The average molecular weight is 212 g/mol. The third-order valence-electron chi connectivity index (χ3n) is 2.02. The largest absolute Gasteiger partial charge is 0.459 e. The van der Waals surface area contributed by atoms with Crippen LogP contribution in [0.1, 0.15) is 13.8 Å². The van der Waals surface area contributed by atoms with E-state index in [2.05, 4.69) is 13.2 Å². The monoisotopic (exact) mass is 212 g/mol. The molecular weight excluding hydrogens is 190 g/mol. The van der Waals surface area contributed by atoms with E-state index in [4.69, 9.17) is 4.74 Å². The Bertz CT molecular complexity index is 224. The number of quaternary nitrogens is 1. The lowest BCUT2D eigenvalue weighted by molar-refractivity contribution is -0.891. The summed E-state index contributed by atoms with van der Waals surface area (Å²) in [4.78, 5) is 11.5. The maximum absolute atomic E-state index is 11.5. The molecule has 0 aromatic rings. The molecule has 0 amide bonds. The van der Waals surface area contributed by atoms with Gasteiger partial charge in [0.1, 0.15) is 0 Å². The molecule has 0 atom stereocenters. The summed E-state index contributed by atoms with van der Waals surface area (Å²) < 4.78 is 5.68. The third-order valence-corrected chi connectivity index (χ3v) is 2.02. The Hall–Kier alpha value is -1.09. The van der Waals surface area contributed by atoms with Gasteiger partial charge in [-0.25, -0.2) is 4.79 Å². The van der Waals surface area contributed by atoms with Crippen LogP contribution in [0.5, 0.6) is 0 Å². The van der Waals surface area contributed by atoms with Crippen LogP contribution in [-0.4, -0.2) is 43.2 Å². The van der Waals surface area contributed by atoms with Crippen LogP contribution in [0.2, 0.25) is 0 Å². The van der Waals surface area contributed by atoms with Gasteiger partial charge in [-0.3, -0.25) is 0 Å². The molecule has 0 aromatic carbocycles. The van der Waals surface area contributed by atoms with Crippen LogP contribution in [0.25, 0.3) is 0 Å². The molecule has 0 fully saturated rings. The van der Waals surface area contributed by atoms with Crippen LogP contribution in [0.15, 0.2) is 25.3 Å². The van der Waals surface area contributed by atoms with Crippen molar-refractivity contribution in [3.63, 3.8) is 0 Å². The zero-order chi connectivity index (χ0) is 11.9. The van der Waals surface area contributed by atoms with Crippen LogP contribution in [0.4, 0.5) is 0 Å². The van der Waals surface area contributed by atoms with Crippen molar-refractivity contribution in [2.75, 3.05) is 26.7 Å². The highest BCUT2D eigenvalue weighted by molar-refractivity contribution is 5.70. The van der Waals surface area contributed by atoms with Crippen LogP contribution >= 0.6 is 0 Å². The number of carbonyl (C=O) groups is 1. The quantitative estimate of drug-likeness (QED) is 0.365. The molecule has 86 valence electrons. The first-order valence-electron chi connectivity index (χ1n) is 5.18. The highest BCUT2D eigenvalue weighted by atomic mass is 16.5. The lowest BCUT2D eigenvalue weighted by Crippen LogP contribution is -2.48. The van der Waals surface area contributed by atoms with E-state index in [1.807, 2.05) is 33.0 Å². The van der Waals surface area contributed by atoms with Crippen molar-refractivity contribution in [2.24, 2.45) is 0 Å². The van der Waals surface area contributed by atoms with Gasteiger partial charge in [-0.05, 0) is 26.0 Å². The maximum Gasteiger partial charge on any atom is 0.362 e. The highest BCUT2D eigenvalue weighted by Crippen LogP contribution is 2.04. The molecule has 3 nitrogen and oxygen atoms in total. The Morgan fingerprint density at radius 2 is 1.80 bits per heavy atom. The van der Waals surface area contributed by atoms with Gasteiger partial charge < -0.3 is 9.22 Å². The van der Waals surface area contributed by atoms with Crippen molar-refractivity contribution in [1.29, 1.82) is 0 Å². The number of carbonyl (C=O) groups excluding carboxylic acids is 1. The minimum atomic E-state index is -0.170. The molecule has 0 saturated heterocycles. The first kappa shape index (κ1) is 13.9. The number of ether oxygens (including phenoxy) is 1. The molecule has 0 N–H and O–H groups in total. The smallest absolute Gasteiger partial charge is 0.362 e. The van der Waals surface area contributed by atoms with Crippen LogP contribution in [0, 0.1) is 0 Å². The second-order valence-electron chi connectivity index (χ2n) is 4.26. The summed E-state index contributed by atoms with van der Waals surface area (Å²) in [6.07, 6.45) is 3.57. The van der Waals surface area contributed by atoms with E-state index < -0.39 is 0 Å². The second kappa shape index (κ2) is 6.40. The van der Waals surface area contributed by atoms with Crippen LogP contribution < -0.4 is 0 Å². The predicted octanol–water partition coefficient (Wildman–Crippen LogP) is 1.76. The standard InChI is InChI=1S/C12H22NO2/c1-6-8-13(5,9-7-2)10-12(14)15-11(3)4/h6-7,11H,1-2,8-10H2,3-5H3/q+1. The zero-order valence-electron chi connectivity index (χ0n) is 10.0. The Balaban J connectivity index is 4.32. The summed E-state index contributed by atoms with van der Waals surface area (Å²) in [5, 5.41) is 0. The lowest BCUT2D eigenvalue weighted by atomic mass is 10.3. The van der Waals surface area contributed by atoms with Gasteiger partial charge in [0.25, 0.3) is 0 Å². The molecular formula is C12H22NO2+. The molecule has 0 bridgehead atoms. The van der Waals surface area contributed by atoms with E-state index in [-0.39, 0.29) is 12.1 Å². The third kappa shape index (κ3) is 6.07. The molecule has 0 saturated carbocycles. The molecule has 0 spiro atoms. The fraction of sp³-hybridized carbons (Fsp3) is 0.583. The zero-order valence-corrected chi connectivity index (χ0v) is 10.0. The van der Waals surface area contributed by atoms with Gasteiger partial charge in [0.05, 0.1) is 26.2 Å². The van der Waals surface area contributed by atoms with E-state index in [1.54, 1.807) is 0 Å². The van der Waals surface area contributed by atoms with E-state index >= 15 is 0 Å². The van der Waals surface area contributed by atoms with Gasteiger partial charge in [-0.2, -0.15) is 0 Å². The van der Waals surface area contributed by atoms with Crippen molar-refractivity contribution < 1.29 is 14.0 Å². The van der Waals surface area contributed by atoms with Gasteiger partial charge in [0.2, 0.25) is 0 Å². The van der Waals surface area contributed by atoms with Gasteiger partial charge >= 0.3 is 5.97 Å². The van der Waals surface area contributed by atoms with Crippen molar-refractivity contribution in [1.82, 2.24) is 0 Å². The summed E-state index contributed by atoms with van der Waals surface area (Å²) in [7, 11) is 1.99. The lowest BCUT2D eigenvalue weighted by Gasteiger charge is -2.31. The summed E-state index contributed by atoms with van der Waals surface area (Å²) in [6.45, 7) is 12.9.